The summed E-state index contributed by atoms with van der Waals surface area (Å²) in [4.78, 5) is 11.9. The van der Waals surface area contributed by atoms with Crippen LogP contribution in [0.1, 0.15) is 6.92 Å². The van der Waals surface area contributed by atoms with Gasteiger partial charge in [0.2, 0.25) is 5.91 Å². The van der Waals surface area contributed by atoms with Gasteiger partial charge < -0.3 is 5.32 Å². The average molecular weight is 360 g/mol. The maximum Gasteiger partial charge on any atom is 0.242 e. The zero-order chi connectivity index (χ0) is 17.2. The van der Waals surface area contributed by atoms with Gasteiger partial charge in [0.1, 0.15) is 16.9 Å². The van der Waals surface area contributed by atoms with Crippen molar-refractivity contribution in [3.63, 3.8) is 0 Å². The predicted octanol–water partition coefficient (Wildman–Crippen LogP) is 3.42. The summed E-state index contributed by atoms with van der Waals surface area (Å²) in [5.41, 5.74) is 0.0815. The van der Waals surface area contributed by atoms with Crippen LogP contribution >= 0.6 is 11.6 Å². The van der Waals surface area contributed by atoms with Gasteiger partial charge in [0, 0.05) is 5.69 Å². The Kier molecular flexibility index (Phi) is 5.01. The quantitative estimate of drug-likeness (QED) is 0.851. The Balaban J connectivity index is 2.21. The second-order valence-electron chi connectivity index (χ2n) is 4.76. The molecule has 2 rings (SSSR count). The van der Waals surface area contributed by atoms with Crippen LogP contribution in [0.5, 0.6) is 0 Å². The number of rotatable bonds is 4. The summed E-state index contributed by atoms with van der Waals surface area (Å²) in [5.74, 6) is -2.16. The maximum absolute atomic E-state index is 13.3. The molecule has 4 nitrogen and oxygen atoms in total. The Morgan fingerprint density at radius 1 is 1.13 bits per heavy atom. The van der Waals surface area contributed by atoms with Crippen LogP contribution in [0.25, 0.3) is 0 Å². The zero-order valence-electron chi connectivity index (χ0n) is 11.9. The van der Waals surface area contributed by atoms with Gasteiger partial charge in [0.25, 0.3) is 0 Å². The van der Waals surface area contributed by atoms with Crippen molar-refractivity contribution in [2.75, 3.05) is 5.32 Å². The Hall–Kier alpha value is -1.99. The number of benzene rings is 2. The van der Waals surface area contributed by atoms with Crippen LogP contribution < -0.4 is 5.32 Å². The van der Waals surface area contributed by atoms with Crippen LogP contribution in [0, 0.1) is 11.6 Å². The summed E-state index contributed by atoms with van der Waals surface area (Å²) in [6.45, 7) is 1.19. The molecule has 0 aliphatic carbocycles. The minimum Gasteiger partial charge on any atom is -0.325 e. The van der Waals surface area contributed by atoms with E-state index in [1.165, 1.54) is 19.1 Å². The molecule has 8 heteroatoms. The van der Waals surface area contributed by atoms with E-state index >= 15 is 0 Å². The van der Waals surface area contributed by atoms with Crippen molar-refractivity contribution in [3.05, 3.63) is 59.1 Å². The second-order valence-corrected chi connectivity index (χ2v) is 7.44. The van der Waals surface area contributed by atoms with Crippen molar-refractivity contribution < 1.29 is 22.0 Å². The summed E-state index contributed by atoms with van der Waals surface area (Å²) in [7, 11) is -3.99. The van der Waals surface area contributed by atoms with Crippen molar-refractivity contribution in [2.45, 2.75) is 17.1 Å². The van der Waals surface area contributed by atoms with E-state index in [0.717, 1.165) is 30.3 Å². The number of carbonyl (C=O) groups excluding carboxylic acids is 1. The number of halogens is 3. The average Bonchev–Trinajstić information content (AvgIpc) is 2.50. The normalized spacial score (nSPS) is 12.7. The van der Waals surface area contributed by atoms with E-state index in [9.17, 15) is 22.0 Å². The van der Waals surface area contributed by atoms with E-state index in [1.807, 2.05) is 0 Å². The van der Waals surface area contributed by atoms with Crippen molar-refractivity contribution in [1.29, 1.82) is 0 Å². The number of carbonyl (C=O) groups is 1. The predicted molar refractivity (Wildman–Crippen MR) is 83.1 cm³/mol. The smallest absolute Gasteiger partial charge is 0.242 e. The Bertz CT molecular complexity index is 838. The van der Waals surface area contributed by atoms with E-state index in [1.54, 1.807) is 0 Å². The van der Waals surface area contributed by atoms with Gasteiger partial charge in [-0.1, -0.05) is 11.6 Å². The molecule has 0 fully saturated rings. The van der Waals surface area contributed by atoms with Crippen molar-refractivity contribution in [2.24, 2.45) is 0 Å². The third-order valence-corrected chi connectivity index (χ3v) is 5.54. The molecule has 2 aromatic carbocycles. The third kappa shape index (κ3) is 3.86. The summed E-state index contributed by atoms with van der Waals surface area (Å²) >= 11 is 5.53. The molecule has 2 aromatic rings. The number of amides is 1. The van der Waals surface area contributed by atoms with Crippen molar-refractivity contribution >= 4 is 33.0 Å². The van der Waals surface area contributed by atoms with Gasteiger partial charge in [0.05, 0.1) is 9.92 Å². The van der Waals surface area contributed by atoms with Gasteiger partial charge in [-0.25, -0.2) is 17.2 Å². The molecule has 1 N–H and O–H groups in total. The number of nitrogens with one attached hydrogen (secondary N) is 1. The molecule has 0 aliphatic rings. The van der Waals surface area contributed by atoms with E-state index in [4.69, 9.17) is 11.6 Å². The molecule has 0 heterocycles. The molecule has 1 unspecified atom stereocenters. The SMILES string of the molecule is CC(C(=O)Nc1ccc(Cl)c(F)c1)S(=O)(=O)c1ccc(F)cc1. The number of hydrogen-bond acceptors (Lipinski definition) is 3. The van der Waals surface area contributed by atoms with Crippen LogP contribution in [0.4, 0.5) is 14.5 Å². The fourth-order valence-electron chi connectivity index (χ4n) is 1.79. The van der Waals surface area contributed by atoms with Crippen LogP contribution in [-0.4, -0.2) is 19.6 Å². The number of sulfone groups is 1. The first-order chi connectivity index (χ1) is 10.7. The highest BCUT2D eigenvalue weighted by molar-refractivity contribution is 7.92. The summed E-state index contributed by atoms with van der Waals surface area (Å²) in [6, 6.07) is 7.72. The largest absolute Gasteiger partial charge is 0.325 e. The first-order valence-electron chi connectivity index (χ1n) is 6.47. The van der Waals surface area contributed by atoms with Gasteiger partial charge >= 0.3 is 0 Å². The highest BCUT2D eigenvalue weighted by Gasteiger charge is 2.29. The molecule has 0 saturated heterocycles. The molecule has 0 spiro atoms. The Labute approximate surface area is 137 Å². The minimum absolute atomic E-state index is 0.0815. The van der Waals surface area contributed by atoms with Crippen molar-refractivity contribution in [3.8, 4) is 0 Å². The topological polar surface area (TPSA) is 63.2 Å². The van der Waals surface area contributed by atoms with Crippen LogP contribution in [-0.2, 0) is 14.6 Å². The fraction of sp³-hybridized carbons (Fsp3) is 0.133. The zero-order valence-corrected chi connectivity index (χ0v) is 13.5. The number of anilines is 1. The third-order valence-electron chi connectivity index (χ3n) is 3.16. The summed E-state index contributed by atoms with van der Waals surface area (Å²) in [5, 5.41) is 0.752. The Morgan fingerprint density at radius 3 is 2.30 bits per heavy atom. The molecule has 0 aromatic heterocycles. The van der Waals surface area contributed by atoms with Gasteiger partial charge in [-0.3, -0.25) is 4.79 Å². The van der Waals surface area contributed by atoms with E-state index < -0.39 is 32.6 Å². The van der Waals surface area contributed by atoms with E-state index in [2.05, 4.69) is 5.32 Å². The van der Waals surface area contributed by atoms with E-state index in [0.29, 0.717) is 0 Å². The lowest BCUT2D eigenvalue weighted by Gasteiger charge is -2.13. The molecule has 0 aliphatic heterocycles. The van der Waals surface area contributed by atoms with Gasteiger partial charge in [-0.15, -0.1) is 0 Å². The Morgan fingerprint density at radius 2 is 1.74 bits per heavy atom. The molecule has 1 atom stereocenters. The molecule has 0 radical (unpaired) electrons. The first-order valence-corrected chi connectivity index (χ1v) is 8.39. The maximum atomic E-state index is 13.3. The van der Waals surface area contributed by atoms with Crippen molar-refractivity contribution in [1.82, 2.24) is 0 Å². The van der Waals surface area contributed by atoms with Gasteiger partial charge in [-0.2, -0.15) is 0 Å². The summed E-state index contributed by atoms with van der Waals surface area (Å²) < 4.78 is 50.8. The second kappa shape index (κ2) is 6.64. The lowest BCUT2D eigenvalue weighted by Crippen LogP contribution is -2.32. The van der Waals surface area contributed by atoms with Gasteiger partial charge in [-0.05, 0) is 49.4 Å². The minimum atomic E-state index is -3.99. The molecule has 23 heavy (non-hydrogen) atoms. The van der Waals surface area contributed by atoms with Crippen LogP contribution in [0.15, 0.2) is 47.4 Å². The summed E-state index contributed by atoms with van der Waals surface area (Å²) in [6.07, 6.45) is 0. The molecular formula is C15H12ClF2NO3S. The lowest BCUT2D eigenvalue weighted by atomic mass is 10.3. The molecule has 0 bridgehead atoms. The fourth-order valence-corrected chi connectivity index (χ4v) is 3.17. The van der Waals surface area contributed by atoms with Crippen LogP contribution in [0.3, 0.4) is 0 Å². The highest BCUT2D eigenvalue weighted by atomic mass is 35.5. The molecule has 0 saturated carbocycles. The number of hydrogen-bond donors (Lipinski definition) is 1. The lowest BCUT2D eigenvalue weighted by molar-refractivity contribution is -0.115. The van der Waals surface area contributed by atoms with Crippen LogP contribution in [0.2, 0.25) is 5.02 Å². The standard InChI is InChI=1S/C15H12ClF2NO3S/c1-9(23(21,22)12-5-2-10(17)3-6-12)15(20)19-11-4-7-13(16)14(18)8-11/h2-9H,1H3,(H,19,20). The van der Waals surface area contributed by atoms with E-state index in [-0.39, 0.29) is 15.6 Å². The van der Waals surface area contributed by atoms with Gasteiger partial charge in [0.15, 0.2) is 9.84 Å². The monoisotopic (exact) mass is 359 g/mol. The highest BCUT2D eigenvalue weighted by Crippen LogP contribution is 2.21. The molecular weight excluding hydrogens is 348 g/mol. The molecule has 122 valence electrons. The first kappa shape index (κ1) is 17.4. The molecule has 1 amide bonds.